The Morgan fingerprint density at radius 2 is 1.79 bits per heavy atom. The van der Waals surface area contributed by atoms with E-state index in [1.54, 1.807) is 31.2 Å². The lowest BCUT2D eigenvalue weighted by atomic mass is 10.2. The summed E-state index contributed by atoms with van der Waals surface area (Å²) in [5.41, 5.74) is 1.72. The van der Waals surface area contributed by atoms with Crippen LogP contribution in [0, 0.1) is 11.3 Å². The fourth-order valence-electron chi connectivity index (χ4n) is 3.43. The zero-order valence-corrected chi connectivity index (χ0v) is 16.9. The van der Waals surface area contributed by atoms with Gasteiger partial charge in [0, 0.05) is 38.4 Å². The molecule has 0 bridgehead atoms. The summed E-state index contributed by atoms with van der Waals surface area (Å²) in [7, 11) is 0. The zero-order chi connectivity index (χ0) is 20.5. The first-order valence-electron chi connectivity index (χ1n) is 10.1. The normalized spacial score (nSPS) is 15.4. The average molecular weight is 393 g/mol. The van der Waals surface area contributed by atoms with Gasteiger partial charge in [-0.1, -0.05) is 30.3 Å². The van der Waals surface area contributed by atoms with Crippen LogP contribution in [0.2, 0.25) is 0 Å². The summed E-state index contributed by atoms with van der Waals surface area (Å²) in [6.07, 6.45) is 0.261. The quantitative estimate of drug-likeness (QED) is 0.700. The number of rotatable bonds is 8. The van der Waals surface area contributed by atoms with Gasteiger partial charge in [0.15, 0.2) is 6.10 Å². The Balaban J connectivity index is 1.33. The van der Waals surface area contributed by atoms with E-state index in [1.165, 1.54) is 5.69 Å². The summed E-state index contributed by atoms with van der Waals surface area (Å²) in [6.45, 7) is 7.41. The van der Waals surface area contributed by atoms with Gasteiger partial charge in [-0.3, -0.25) is 9.69 Å². The van der Waals surface area contributed by atoms with E-state index >= 15 is 0 Å². The first-order valence-corrected chi connectivity index (χ1v) is 10.1. The monoisotopic (exact) mass is 392 g/mol. The zero-order valence-electron chi connectivity index (χ0n) is 16.9. The van der Waals surface area contributed by atoms with E-state index in [0.717, 1.165) is 39.1 Å². The number of para-hydroxylation sites is 2. The summed E-state index contributed by atoms with van der Waals surface area (Å²) in [5.74, 6) is 0.278. The summed E-state index contributed by atoms with van der Waals surface area (Å²) >= 11 is 0. The lowest BCUT2D eigenvalue weighted by Gasteiger charge is -2.36. The smallest absolute Gasteiger partial charge is 0.260 e. The molecule has 1 atom stereocenters. The molecule has 29 heavy (non-hydrogen) atoms. The van der Waals surface area contributed by atoms with E-state index in [0.29, 0.717) is 17.9 Å². The van der Waals surface area contributed by atoms with Crippen LogP contribution in [-0.2, 0) is 4.79 Å². The predicted octanol–water partition coefficient (Wildman–Crippen LogP) is 2.65. The van der Waals surface area contributed by atoms with Crippen molar-refractivity contribution in [1.29, 1.82) is 5.26 Å². The molecule has 6 heteroatoms. The third-order valence-electron chi connectivity index (χ3n) is 5.12. The Kier molecular flexibility index (Phi) is 7.48. The SMILES string of the molecule is CC(Oc1ccccc1C#N)C(=O)NCCCN1CCN(c2ccccc2)CC1. The summed E-state index contributed by atoms with van der Waals surface area (Å²) in [5, 5.41) is 12.0. The van der Waals surface area contributed by atoms with Crippen LogP contribution in [0.25, 0.3) is 0 Å². The van der Waals surface area contributed by atoms with E-state index in [9.17, 15) is 4.79 Å². The van der Waals surface area contributed by atoms with Gasteiger partial charge in [-0.25, -0.2) is 0 Å². The molecule has 0 saturated carbocycles. The number of anilines is 1. The van der Waals surface area contributed by atoms with Gasteiger partial charge in [0.2, 0.25) is 0 Å². The molecule has 0 aromatic heterocycles. The van der Waals surface area contributed by atoms with Gasteiger partial charge in [-0.15, -0.1) is 0 Å². The number of nitriles is 1. The van der Waals surface area contributed by atoms with Gasteiger partial charge < -0.3 is 15.0 Å². The average Bonchev–Trinajstić information content (AvgIpc) is 2.78. The highest BCUT2D eigenvalue weighted by Crippen LogP contribution is 2.18. The first-order chi connectivity index (χ1) is 14.2. The second-order valence-electron chi connectivity index (χ2n) is 7.18. The number of hydrogen-bond donors (Lipinski definition) is 1. The van der Waals surface area contributed by atoms with Crippen molar-refractivity contribution in [3.63, 3.8) is 0 Å². The Labute approximate surface area is 172 Å². The van der Waals surface area contributed by atoms with E-state index in [-0.39, 0.29) is 5.91 Å². The Morgan fingerprint density at radius 1 is 1.10 bits per heavy atom. The van der Waals surface area contributed by atoms with Gasteiger partial charge in [-0.05, 0) is 44.2 Å². The molecule has 1 saturated heterocycles. The van der Waals surface area contributed by atoms with Crippen molar-refractivity contribution in [1.82, 2.24) is 10.2 Å². The Morgan fingerprint density at radius 3 is 2.52 bits per heavy atom. The Bertz CT molecular complexity index is 826. The molecule has 2 aromatic rings. The third-order valence-corrected chi connectivity index (χ3v) is 5.12. The fraction of sp³-hybridized carbons (Fsp3) is 0.391. The predicted molar refractivity (Wildman–Crippen MR) is 114 cm³/mol. The van der Waals surface area contributed by atoms with Crippen LogP contribution in [-0.4, -0.2) is 56.2 Å². The minimum absolute atomic E-state index is 0.161. The molecule has 6 nitrogen and oxygen atoms in total. The maximum atomic E-state index is 12.3. The van der Waals surface area contributed by atoms with Crippen LogP contribution in [0.5, 0.6) is 5.75 Å². The summed E-state index contributed by atoms with van der Waals surface area (Å²) in [4.78, 5) is 17.1. The second kappa shape index (κ2) is 10.5. The fourth-order valence-corrected chi connectivity index (χ4v) is 3.43. The van der Waals surface area contributed by atoms with Crippen molar-refractivity contribution in [3.05, 3.63) is 60.2 Å². The Hall–Kier alpha value is -3.04. The second-order valence-corrected chi connectivity index (χ2v) is 7.18. The molecule has 3 rings (SSSR count). The first kappa shape index (κ1) is 20.7. The number of benzene rings is 2. The number of carbonyl (C=O) groups is 1. The van der Waals surface area contributed by atoms with E-state index in [4.69, 9.17) is 10.00 Å². The highest BCUT2D eigenvalue weighted by molar-refractivity contribution is 5.80. The van der Waals surface area contributed by atoms with Crippen LogP contribution >= 0.6 is 0 Å². The molecule has 1 aliphatic rings. The van der Waals surface area contributed by atoms with E-state index in [2.05, 4.69) is 45.5 Å². The van der Waals surface area contributed by atoms with Crippen LogP contribution in [0.4, 0.5) is 5.69 Å². The maximum Gasteiger partial charge on any atom is 0.260 e. The minimum atomic E-state index is -0.640. The van der Waals surface area contributed by atoms with Crippen LogP contribution in [0.3, 0.4) is 0 Å². The number of amides is 1. The van der Waals surface area contributed by atoms with Crippen molar-refractivity contribution >= 4 is 11.6 Å². The number of nitrogens with zero attached hydrogens (tertiary/aromatic N) is 3. The lowest BCUT2D eigenvalue weighted by molar-refractivity contribution is -0.127. The van der Waals surface area contributed by atoms with Crippen molar-refractivity contribution in [2.24, 2.45) is 0 Å². The molecule has 1 amide bonds. The van der Waals surface area contributed by atoms with Crippen molar-refractivity contribution in [2.75, 3.05) is 44.2 Å². The summed E-state index contributed by atoms with van der Waals surface area (Å²) in [6, 6.07) is 19.5. The van der Waals surface area contributed by atoms with Crippen molar-refractivity contribution in [2.45, 2.75) is 19.4 Å². The number of hydrogen-bond acceptors (Lipinski definition) is 5. The van der Waals surface area contributed by atoms with Gasteiger partial charge in [0.25, 0.3) is 5.91 Å². The molecule has 1 aliphatic heterocycles. The van der Waals surface area contributed by atoms with Crippen LogP contribution in [0.1, 0.15) is 18.9 Å². The number of carbonyl (C=O) groups excluding carboxylic acids is 1. The van der Waals surface area contributed by atoms with Crippen LogP contribution in [0.15, 0.2) is 54.6 Å². The van der Waals surface area contributed by atoms with Crippen LogP contribution < -0.4 is 15.0 Å². The van der Waals surface area contributed by atoms with Gasteiger partial charge in [-0.2, -0.15) is 5.26 Å². The highest BCUT2D eigenvalue weighted by Gasteiger charge is 2.18. The molecular formula is C23H28N4O2. The standard InChI is InChI=1S/C23H28N4O2/c1-19(29-22-11-6-5-8-20(22)18-24)23(28)25-12-7-13-26-14-16-27(17-15-26)21-9-3-2-4-10-21/h2-6,8-11,19H,7,12-17H2,1H3,(H,25,28). The molecule has 1 N–H and O–H groups in total. The molecule has 1 fully saturated rings. The van der Waals surface area contributed by atoms with Crippen molar-refractivity contribution in [3.8, 4) is 11.8 Å². The minimum Gasteiger partial charge on any atom is -0.480 e. The molecule has 0 radical (unpaired) electrons. The molecule has 0 aliphatic carbocycles. The number of nitrogens with one attached hydrogen (secondary N) is 1. The topological polar surface area (TPSA) is 68.6 Å². The molecule has 152 valence electrons. The molecule has 2 aromatic carbocycles. The third kappa shape index (κ3) is 5.97. The number of ether oxygens (including phenoxy) is 1. The van der Waals surface area contributed by atoms with Gasteiger partial charge in [0.1, 0.15) is 11.8 Å². The largest absolute Gasteiger partial charge is 0.480 e. The highest BCUT2D eigenvalue weighted by atomic mass is 16.5. The molecule has 0 spiro atoms. The van der Waals surface area contributed by atoms with E-state index < -0.39 is 6.10 Å². The lowest BCUT2D eigenvalue weighted by Crippen LogP contribution is -2.47. The van der Waals surface area contributed by atoms with E-state index in [1.807, 2.05) is 6.07 Å². The van der Waals surface area contributed by atoms with Crippen molar-refractivity contribution < 1.29 is 9.53 Å². The molecular weight excluding hydrogens is 364 g/mol. The summed E-state index contributed by atoms with van der Waals surface area (Å²) < 4.78 is 5.65. The van der Waals surface area contributed by atoms with Gasteiger partial charge >= 0.3 is 0 Å². The molecule has 1 unspecified atom stereocenters. The van der Waals surface area contributed by atoms with Gasteiger partial charge in [0.05, 0.1) is 5.56 Å². The molecule has 1 heterocycles. The number of piperazine rings is 1. The maximum absolute atomic E-state index is 12.3.